The van der Waals surface area contributed by atoms with Gasteiger partial charge in [-0.3, -0.25) is 19.2 Å². The van der Waals surface area contributed by atoms with Crippen LogP contribution in [0.5, 0.6) is 0 Å². The average Bonchev–Trinajstić information content (AvgIpc) is 3.15. The number of aromatic nitrogens is 2. The molecule has 28 heavy (non-hydrogen) atoms. The smallest absolute Gasteiger partial charge is 0.325 e. The molecular weight excluding hydrogens is 388 g/mol. The number of hydrogen-bond donors (Lipinski definition) is 6. The number of carboxylic acid groups (broad SMARTS) is 1. The van der Waals surface area contributed by atoms with Gasteiger partial charge >= 0.3 is 5.97 Å². The summed E-state index contributed by atoms with van der Waals surface area (Å²) in [5, 5.41) is 16.0. The standard InChI is InChI=1S/C16H26N6O5S/c1-9(16(26)27)21-13(23)7-19-15(25)12(3-4-28-2)22-14(24)11(17)5-10-6-18-8-20-10/h6,8-9,11-12H,3-5,7,17H2,1-2H3,(H,18,20)(H,19,25)(H,21,23)(H,22,24)(H,26,27). The molecule has 0 spiro atoms. The topological polar surface area (TPSA) is 179 Å². The van der Waals surface area contributed by atoms with Crippen molar-refractivity contribution in [2.45, 2.75) is 37.9 Å². The molecule has 0 aliphatic heterocycles. The van der Waals surface area contributed by atoms with Crippen molar-refractivity contribution in [3.63, 3.8) is 0 Å². The van der Waals surface area contributed by atoms with Crippen molar-refractivity contribution in [1.29, 1.82) is 0 Å². The second-order valence-electron chi connectivity index (χ2n) is 6.08. The van der Waals surface area contributed by atoms with Crippen molar-refractivity contribution in [1.82, 2.24) is 25.9 Å². The molecule has 0 fully saturated rings. The van der Waals surface area contributed by atoms with Crippen LogP contribution >= 0.6 is 11.8 Å². The number of imidazole rings is 1. The van der Waals surface area contributed by atoms with E-state index in [1.165, 1.54) is 25.0 Å². The normalized spacial score (nSPS) is 13.8. The minimum absolute atomic E-state index is 0.234. The Hall–Kier alpha value is -2.60. The molecule has 12 heteroatoms. The number of nitrogens with two attached hydrogens (primary N) is 1. The summed E-state index contributed by atoms with van der Waals surface area (Å²) in [6.45, 7) is 0.910. The van der Waals surface area contributed by atoms with E-state index in [-0.39, 0.29) is 6.42 Å². The van der Waals surface area contributed by atoms with Gasteiger partial charge in [-0.15, -0.1) is 0 Å². The molecule has 0 saturated carbocycles. The van der Waals surface area contributed by atoms with E-state index in [1.54, 1.807) is 6.20 Å². The van der Waals surface area contributed by atoms with Crippen LogP contribution in [-0.2, 0) is 25.6 Å². The van der Waals surface area contributed by atoms with Gasteiger partial charge in [-0.1, -0.05) is 0 Å². The molecular formula is C16H26N6O5S. The molecule has 1 heterocycles. The molecule has 11 nitrogen and oxygen atoms in total. The zero-order chi connectivity index (χ0) is 21.1. The summed E-state index contributed by atoms with van der Waals surface area (Å²) in [5.41, 5.74) is 6.57. The fourth-order valence-electron chi connectivity index (χ4n) is 2.15. The van der Waals surface area contributed by atoms with Gasteiger partial charge in [0.1, 0.15) is 12.1 Å². The highest BCUT2D eigenvalue weighted by atomic mass is 32.2. The maximum absolute atomic E-state index is 12.4. The zero-order valence-electron chi connectivity index (χ0n) is 15.7. The number of amides is 3. The van der Waals surface area contributed by atoms with E-state index in [4.69, 9.17) is 10.8 Å². The Kier molecular flexibility index (Phi) is 10.0. The highest BCUT2D eigenvalue weighted by Crippen LogP contribution is 2.03. The average molecular weight is 414 g/mol. The van der Waals surface area contributed by atoms with Gasteiger partial charge < -0.3 is 31.8 Å². The summed E-state index contributed by atoms with van der Waals surface area (Å²) in [6.07, 6.45) is 5.48. The van der Waals surface area contributed by atoms with Crippen LogP contribution in [0.2, 0.25) is 0 Å². The first-order valence-electron chi connectivity index (χ1n) is 8.56. The lowest BCUT2D eigenvalue weighted by Crippen LogP contribution is -2.53. The van der Waals surface area contributed by atoms with E-state index in [0.717, 1.165) is 0 Å². The van der Waals surface area contributed by atoms with E-state index >= 15 is 0 Å². The van der Waals surface area contributed by atoms with Gasteiger partial charge in [0.05, 0.1) is 18.9 Å². The molecule has 0 aliphatic carbocycles. The third-order valence-corrected chi connectivity index (χ3v) is 4.39. The number of carbonyl (C=O) groups is 4. The van der Waals surface area contributed by atoms with Gasteiger partial charge in [0.15, 0.2) is 0 Å². The van der Waals surface area contributed by atoms with Crippen LogP contribution in [0.25, 0.3) is 0 Å². The second-order valence-corrected chi connectivity index (χ2v) is 7.06. The third-order valence-electron chi connectivity index (χ3n) is 3.75. The summed E-state index contributed by atoms with van der Waals surface area (Å²) in [4.78, 5) is 53.8. The SMILES string of the molecule is CSCCC(NC(=O)C(N)Cc1cnc[nH]1)C(=O)NCC(=O)NC(C)C(=O)O. The summed E-state index contributed by atoms with van der Waals surface area (Å²) in [6, 6.07) is -2.81. The van der Waals surface area contributed by atoms with E-state index < -0.39 is 48.4 Å². The molecule has 0 bridgehead atoms. The lowest BCUT2D eigenvalue weighted by Gasteiger charge is -2.20. The van der Waals surface area contributed by atoms with E-state index in [9.17, 15) is 19.2 Å². The fraction of sp³-hybridized carbons (Fsp3) is 0.562. The summed E-state index contributed by atoms with van der Waals surface area (Å²) < 4.78 is 0. The highest BCUT2D eigenvalue weighted by molar-refractivity contribution is 7.98. The Balaban J connectivity index is 2.57. The Morgan fingerprint density at radius 3 is 2.57 bits per heavy atom. The number of rotatable bonds is 12. The molecule has 3 atom stereocenters. The quantitative estimate of drug-likeness (QED) is 0.232. The van der Waals surface area contributed by atoms with Gasteiger partial charge in [0.2, 0.25) is 17.7 Å². The van der Waals surface area contributed by atoms with Crippen molar-refractivity contribution < 1.29 is 24.3 Å². The number of carboxylic acids is 1. The first-order valence-corrected chi connectivity index (χ1v) is 9.96. The first-order chi connectivity index (χ1) is 13.2. The minimum atomic E-state index is -1.18. The highest BCUT2D eigenvalue weighted by Gasteiger charge is 2.24. The molecule has 7 N–H and O–H groups in total. The number of nitrogens with zero attached hydrogens (tertiary/aromatic N) is 1. The molecule has 156 valence electrons. The van der Waals surface area contributed by atoms with Crippen LogP contribution in [0.15, 0.2) is 12.5 Å². The van der Waals surface area contributed by atoms with E-state index in [2.05, 4.69) is 25.9 Å². The van der Waals surface area contributed by atoms with Crippen LogP contribution in [0.4, 0.5) is 0 Å². The molecule has 0 saturated heterocycles. The van der Waals surface area contributed by atoms with Crippen molar-refractivity contribution in [3.8, 4) is 0 Å². The summed E-state index contributed by atoms with van der Waals surface area (Å²) >= 11 is 1.50. The van der Waals surface area contributed by atoms with Crippen LogP contribution in [0.3, 0.4) is 0 Å². The van der Waals surface area contributed by atoms with Crippen LogP contribution in [-0.4, -0.2) is 75.4 Å². The van der Waals surface area contributed by atoms with E-state index in [0.29, 0.717) is 17.9 Å². The Morgan fingerprint density at radius 2 is 2.00 bits per heavy atom. The number of hydrogen-bond acceptors (Lipinski definition) is 7. The predicted octanol–water partition coefficient (Wildman–Crippen LogP) is -1.78. The molecule has 0 aliphatic rings. The van der Waals surface area contributed by atoms with E-state index in [1.807, 2.05) is 6.26 Å². The van der Waals surface area contributed by atoms with Crippen molar-refractivity contribution in [3.05, 3.63) is 18.2 Å². The van der Waals surface area contributed by atoms with Crippen LogP contribution in [0.1, 0.15) is 19.0 Å². The number of aliphatic carboxylic acids is 1. The van der Waals surface area contributed by atoms with Gasteiger partial charge in [0, 0.05) is 18.3 Å². The number of carbonyl (C=O) groups excluding carboxylic acids is 3. The van der Waals surface area contributed by atoms with Crippen molar-refractivity contribution in [2.24, 2.45) is 5.73 Å². The third kappa shape index (κ3) is 8.39. The lowest BCUT2D eigenvalue weighted by molar-refractivity contribution is -0.141. The Bertz CT molecular complexity index is 668. The zero-order valence-corrected chi connectivity index (χ0v) is 16.5. The molecule has 0 aromatic carbocycles. The monoisotopic (exact) mass is 414 g/mol. The van der Waals surface area contributed by atoms with Crippen LogP contribution < -0.4 is 21.7 Å². The maximum Gasteiger partial charge on any atom is 0.325 e. The molecule has 1 rings (SSSR count). The Labute approximate surface area is 166 Å². The lowest BCUT2D eigenvalue weighted by atomic mass is 10.1. The number of nitrogens with one attached hydrogen (secondary N) is 4. The molecule has 0 radical (unpaired) electrons. The van der Waals surface area contributed by atoms with Gasteiger partial charge in [-0.05, 0) is 25.4 Å². The number of thioether (sulfide) groups is 1. The van der Waals surface area contributed by atoms with Gasteiger partial charge in [-0.25, -0.2) is 4.98 Å². The molecule has 1 aromatic heterocycles. The summed E-state index contributed by atoms with van der Waals surface area (Å²) in [7, 11) is 0. The Morgan fingerprint density at radius 1 is 1.29 bits per heavy atom. The number of aromatic amines is 1. The van der Waals surface area contributed by atoms with Crippen molar-refractivity contribution >= 4 is 35.5 Å². The van der Waals surface area contributed by atoms with Crippen LogP contribution in [0, 0.1) is 0 Å². The van der Waals surface area contributed by atoms with Crippen molar-refractivity contribution in [2.75, 3.05) is 18.6 Å². The minimum Gasteiger partial charge on any atom is -0.480 e. The largest absolute Gasteiger partial charge is 0.480 e. The first kappa shape index (κ1) is 23.4. The number of H-pyrrole nitrogens is 1. The van der Waals surface area contributed by atoms with Gasteiger partial charge in [0.25, 0.3) is 0 Å². The summed E-state index contributed by atoms with van der Waals surface area (Å²) in [5.74, 6) is -2.27. The van der Waals surface area contributed by atoms with Gasteiger partial charge in [-0.2, -0.15) is 11.8 Å². The fourth-order valence-corrected chi connectivity index (χ4v) is 2.63. The molecule has 3 amide bonds. The molecule has 1 aromatic rings. The second kappa shape index (κ2) is 12.0. The maximum atomic E-state index is 12.4. The molecule has 3 unspecified atom stereocenters. The predicted molar refractivity (Wildman–Crippen MR) is 103 cm³/mol.